The van der Waals surface area contributed by atoms with Crippen LogP contribution in [-0.2, 0) is 6.42 Å². The van der Waals surface area contributed by atoms with Crippen molar-refractivity contribution in [3.8, 4) is 0 Å². The highest BCUT2D eigenvalue weighted by Gasteiger charge is 2.31. The second-order valence-electron chi connectivity index (χ2n) is 5.47. The van der Waals surface area contributed by atoms with Crippen molar-refractivity contribution in [2.24, 2.45) is 0 Å². The van der Waals surface area contributed by atoms with Gasteiger partial charge in [-0.3, -0.25) is 4.90 Å². The Hall–Kier alpha value is -0.870. The lowest BCUT2D eigenvalue weighted by molar-refractivity contribution is 0.247. The topological polar surface area (TPSA) is 32.3 Å². The highest BCUT2D eigenvalue weighted by Crippen LogP contribution is 2.30. The fraction of sp³-hybridized carbons (Fsp3) is 0.714. The molecule has 0 unspecified atom stereocenters. The molecular weight excluding hydrogens is 260 g/mol. The molecule has 1 saturated heterocycles. The van der Waals surface area contributed by atoms with Gasteiger partial charge in [0.1, 0.15) is 17.3 Å². The lowest BCUT2D eigenvalue weighted by atomic mass is 10.1. The molecule has 0 radical (unpaired) electrons. The normalized spacial score (nSPS) is 20.8. The van der Waals surface area contributed by atoms with Crippen LogP contribution in [0.4, 0.5) is 5.82 Å². The van der Waals surface area contributed by atoms with E-state index in [0.717, 1.165) is 56.4 Å². The molecule has 1 aliphatic carbocycles. The number of rotatable bonds is 4. The number of halogens is 1. The standard InChI is InChI=1S/C14H21ClN4/c1-2-3-12-13(15)16-10-17-14(12)19-8-6-18(7-9-19)11-4-5-11/h10-11H,2-9H2,1H3. The van der Waals surface area contributed by atoms with Gasteiger partial charge < -0.3 is 4.90 Å². The number of piperazine rings is 1. The fourth-order valence-corrected chi connectivity index (χ4v) is 3.08. The molecule has 2 fully saturated rings. The van der Waals surface area contributed by atoms with E-state index in [2.05, 4.69) is 26.7 Å². The van der Waals surface area contributed by atoms with Crippen LogP contribution in [0, 0.1) is 0 Å². The smallest absolute Gasteiger partial charge is 0.137 e. The molecular formula is C14H21ClN4. The molecule has 1 aliphatic heterocycles. The molecule has 1 saturated carbocycles. The van der Waals surface area contributed by atoms with E-state index >= 15 is 0 Å². The summed E-state index contributed by atoms with van der Waals surface area (Å²) in [7, 11) is 0. The quantitative estimate of drug-likeness (QED) is 0.793. The van der Waals surface area contributed by atoms with Crippen molar-refractivity contribution in [3.05, 3.63) is 17.0 Å². The van der Waals surface area contributed by atoms with Gasteiger partial charge >= 0.3 is 0 Å². The van der Waals surface area contributed by atoms with Gasteiger partial charge in [-0.05, 0) is 19.3 Å². The zero-order valence-corrected chi connectivity index (χ0v) is 12.2. The Bertz CT molecular complexity index is 439. The first-order valence-electron chi connectivity index (χ1n) is 7.28. The van der Waals surface area contributed by atoms with Gasteiger partial charge in [0.15, 0.2) is 0 Å². The molecule has 5 heteroatoms. The van der Waals surface area contributed by atoms with Gasteiger partial charge in [0.2, 0.25) is 0 Å². The van der Waals surface area contributed by atoms with Crippen molar-refractivity contribution in [2.75, 3.05) is 31.1 Å². The lowest BCUT2D eigenvalue weighted by Gasteiger charge is -2.36. The first-order valence-corrected chi connectivity index (χ1v) is 7.65. The van der Waals surface area contributed by atoms with E-state index in [0.29, 0.717) is 5.15 Å². The Morgan fingerprint density at radius 1 is 1.21 bits per heavy atom. The third-order valence-electron chi connectivity index (χ3n) is 4.05. The summed E-state index contributed by atoms with van der Waals surface area (Å²) in [4.78, 5) is 13.6. The summed E-state index contributed by atoms with van der Waals surface area (Å²) in [6.07, 6.45) is 6.39. The zero-order chi connectivity index (χ0) is 13.2. The summed E-state index contributed by atoms with van der Waals surface area (Å²) in [5, 5.41) is 0.622. The van der Waals surface area contributed by atoms with E-state index in [-0.39, 0.29) is 0 Å². The minimum Gasteiger partial charge on any atom is -0.354 e. The van der Waals surface area contributed by atoms with Gasteiger partial charge in [-0.2, -0.15) is 0 Å². The SMILES string of the molecule is CCCc1c(Cl)ncnc1N1CCN(C2CC2)CC1. The first-order chi connectivity index (χ1) is 9.29. The molecule has 0 spiro atoms. The molecule has 2 aliphatic rings. The monoisotopic (exact) mass is 280 g/mol. The first kappa shape index (κ1) is 13.1. The fourth-order valence-electron chi connectivity index (χ4n) is 2.86. The highest BCUT2D eigenvalue weighted by molar-refractivity contribution is 6.30. The number of hydrogen-bond acceptors (Lipinski definition) is 4. The molecule has 1 aromatic heterocycles. The Labute approximate surface area is 119 Å². The minimum absolute atomic E-state index is 0.622. The van der Waals surface area contributed by atoms with Crippen LogP contribution >= 0.6 is 11.6 Å². The maximum absolute atomic E-state index is 6.23. The second-order valence-corrected chi connectivity index (χ2v) is 5.83. The molecule has 19 heavy (non-hydrogen) atoms. The predicted octanol–water partition coefficient (Wildman–Crippen LogP) is 2.37. The molecule has 2 heterocycles. The van der Waals surface area contributed by atoms with E-state index in [1.165, 1.54) is 12.8 Å². The highest BCUT2D eigenvalue weighted by atomic mass is 35.5. The van der Waals surface area contributed by atoms with Crippen LogP contribution in [-0.4, -0.2) is 47.1 Å². The van der Waals surface area contributed by atoms with Crippen molar-refractivity contribution < 1.29 is 0 Å². The maximum atomic E-state index is 6.23. The van der Waals surface area contributed by atoms with Crippen LogP contribution in [0.5, 0.6) is 0 Å². The molecule has 0 N–H and O–H groups in total. The largest absolute Gasteiger partial charge is 0.354 e. The van der Waals surface area contributed by atoms with E-state index in [9.17, 15) is 0 Å². The number of aromatic nitrogens is 2. The van der Waals surface area contributed by atoms with Gasteiger partial charge in [-0.1, -0.05) is 24.9 Å². The van der Waals surface area contributed by atoms with Gasteiger partial charge in [-0.15, -0.1) is 0 Å². The van der Waals surface area contributed by atoms with E-state index < -0.39 is 0 Å². The number of anilines is 1. The molecule has 1 aromatic rings. The molecule has 3 rings (SSSR count). The van der Waals surface area contributed by atoms with E-state index in [1.54, 1.807) is 6.33 Å². The van der Waals surface area contributed by atoms with Crippen molar-refractivity contribution in [2.45, 2.75) is 38.6 Å². The molecule has 0 aromatic carbocycles. The third kappa shape index (κ3) is 2.84. The average Bonchev–Trinajstić information content (AvgIpc) is 3.26. The van der Waals surface area contributed by atoms with Crippen molar-refractivity contribution in [1.82, 2.24) is 14.9 Å². The van der Waals surface area contributed by atoms with Crippen LogP contribution < -0.4 is 4.90 Å². The minimum atomic E-state index is 0.622. The van der Waals surface area contributed by atoms with Crippen molar-refractivity contribution >= 4 is 17.4 Å². The summed E-state index contributed by atoms with van der Waals surface area (Å²) in [5.41, 5.74) is 1.12. The van der Waals surface area contributed by atoms with Gasteiger partial charge in [-0.25, -0.2) is 9.97 Å². The Morgan fingerprint density at radius 2 is 1.95 bits per heavy atom. The van der Waals surface area contributed by atoms with Gasteiger partial charge in [0.25, 0.3) is 0 Å². The summed E-state index contributed by atoms with van der Waals surface area (Å²) < 4.78 is 0. The molecule has 0 bridgehead atoms. The maximum Gasteiger partial charge on any atom is 0.137 e. The van der Waals surface area contributed by atoms with E-state index in [1.807, 2.05) is 0 Å². The summed E-state index contributed by atoms with van der Waals surface area (Å²) in [5.74, 6) is 1.05. The van der Waals surface area contributed by atoms with Crippen LogP contribution in [0.3, 0.4) is 0 Å². The average molecular weight is 281 g/mol. The zero-order valence-electron chi connectivity index (χ0n) is 11.5. The lowest BCUT2D eigenvalue weighted by Crippen LogP contribution is -2.47. The van der Waals surface area contributed by atoms with Gasteiger partial charge in [0.05, 0.1) is 0 Å². The Kier molecular flexibility index (Phi) is 3.89. The van der Waals surface area contributed by atoms with Crippen molar-refractivity contribution in [3.63, 3.8) is 0 Å². The number of hydrogen-bond donors (Lipinski definition) is 0. The molecule has 104 valence electrons. The Balaban J connectivity index is 1.73. The summed E-state index contributed by atoms with van der Waals surface area (Å²) in [6, 6.07) is 0.867. The second kappa shape index (κ2) is 5.63. The third-order valence-corrected chi connectivity index (χ3v) is 4.37. The summed E-state index contributed by atoms with van der Waals surface area (Å²) >= 11 is 6.23. The molecule has 0 atom stereocenters. The summed E-state index contributed by atoms with van der Waals surface area (Å²) in [6.45, 7) is 6.58. The van der Waals surface area contributed by atoms with Crippen LogP contribution in [0.15, 0.2) is 6.33 Å². The van der Waals surface area contributed by atoms with E-state index in [4.69, 9.17) is 11.6 Å². The predicted molar refractivity (Wildman–Crippen MR) is 77.8 cm³/mol. The van der Waals surface area contributed by atoms with Crippen LogP contribution in [0.25, 0.3) is 0 Å². The van der Waals surface area contributed by atoms with Gasteiger partial charge in [0, 0.05) is 37.8 Å². The van der Waals surface area contributed by atoms with Crippen molar-refractivity contribution in [1.29, 1.82) is 0 Å². The number of nitrogens with zero attached hydrogens (tertiary/aromatic N) is 4. The van der Waals surface area contributed by atoms with Crippen LogP contribution in [0.1, 0.15) is 31.7 Å². The molecule has 4 nitrogen and oxygen atoms in total. The Morgan fingerprint density at radius 3 is 2.58 bits per heavy atom. The van der Waals surface area contributed by atoms with Crippen LogP contribution in [0.2, 0.25) is 5.15 Å². The molecule has 0 amide bonds.